The highest BCUT2D eigenvalue weighted by Gasteiger charge is 2.16. The van der Waals surface area contributed by atoms with E-state index < -0.39 is 0 Å². The predicted molar refractivity (Wildman–Crippen MR) is 85.6 cm³/mol. The van der Waals surface area contributed by atoms with Crippen molar-refractivity contribution >= 4 is 19.8 Å². The van der Waals surface area contributed by atoms with E-state index in [0.29, 0.717) is 0 Å². The monoisotopic (exact) mass is 274 g/mol. The van der Waals surface area contributed by atoms with Gasteiger partial charge < -0.3 is 9.31 Å². The lowest BCUT2D eigenvalue weighted by molar-refractivity contribution is 0.321. The molecule has 0 atom stereocenters. The minimum Gasteiger partial charge on any atom is -0.532 e. The van der Waals surface area contributed by atoms with Gasteiger partial charge in [0, 0.05) is 12.8 Å². The van der Waals surface area contributed by atoms with Crippen LogP contribution < -0.4 is 0 Å². The Morgan fingerprint density at radius 1 is 0.667 bits per heavy atom. The molecule has 2 aromatic rings. The highest BCUT2D eigenvalue weighted by molar-refractivity contribution is 6.19. The van der Waals surface area contributed by atoms with Crippen LogP contribution in [0.4, 0.5) is 0 Å². The Hall–Kier alpha value is -2.42. The first-order valence-electron chi connectivity index (χ1n) is 7.21. The van der Waals surface area contributed by atoms with Crippen LogP contribution in [0.5, 0.6) is 0 Å². The van der Waals surface area contributed by atoms with Gasteiger partial charge in [-0.2, -0.15) is 0 Å². The molecule has 0 bridgehead atoms. The maximum absolute atomic E-state index is 5.74. The van der Waals surface area contributed by atoms with Crippen molar-refractivity contribution in [1.29, 1.82) is 0 Å². The normalized spacial score (nSPS) is 14.9. The fraction of sp³-hybridized carbons (Fsp3) is 0.111. The third-order valence-electron chi connectivity index (χ3n) is 3.96. The van der Waals surface area contributed by atoms with Crippen LogP contribution in [0.2, 0.25) is 0 Å². The molecule has 3 heteroatoms. The van der Waals surface area contributed by atoms with E-state index in [-0.39, 0.29) is 7.69 Å². The number of rotatable bonds is 4. The Morgan fingerprint density at radius 3 is 1.62 bits per heavy atom. The van der Waals surface area contributed by atoms with Gasteiger partial charge in [0.2, 0.25) is 0 Å². The Bertz CT molecular complexity index is 683. The van der Waals surface area contributed by atoms with Crippen molar-refractivity contribution < 1.29 is 9.31 Å². The van der Waals surface area contributed by atoms with Gasteiger partial charge in [0.05, 0.1) is 11.5 Å². The van der Waals surface area contributed by atoms with Crippen LogP contribution in [0.25, 0.3) is 12.2 Å². The van der Waals surface area contributed by atoms with Gasteiger partial charge in [-0.1, -0.05) is 48.5 Å². The Kier molecular flexibility index (Phi) is 3.04. The van der Waals surface area contributed by atoms with Crippen LogP contribution >= 0.6 is 0 Å². The molecule has 0 saturated heterocycles. The van der Waals surface area contributed by atoms with E-state index in [1.807, 2.05) is 0 Å². The fourth-order valence-corrected chi connectivity index (χ4v) is 2.86. The summed E-state index contributed by atoms with van der Waals surface area (Å²) in [4.78, 5) is 0. The molecule has 0 amide bonds. The van der Waals surface area contributed by atoms with Crippen molar-refractivity contribution in [2.24, 2.45) is 0 Å². The SMILES string of the molecule is B(OC1=Cc2ccccc2C1)OC1=Cc2ccccc2C1. The number of benzene rings is 2. The summed E-state index contributed by atoms with van der Waals surface area (Å²) in [7, 11) is 0.277. The van der Waals surface area contributed by atoms with Crippen molar-refractivity contribution in [1.82, 2.24) is 0 Å². The maximum atomic E-state index is 5.74. The molecule has 102 valence electrons. The van der Waals surface area contributed by atoms with Crippen LogP contribution in [0.1, 0.15) is 22.3 Å². The molecule has 0 aromatic heterocycles. The van der Waals surface area contributed by atoms with Gasteiger partial charge in [-0.3, -0.25) is 0 Å². The first-order chi connectivity index (χ1) is 10.4. The average molecular weight is 274 g/mol. The van der Waals surface area contributed by atoms with Crippen molar-refractivity contribution in [3.05, 3.63) is 82.3 Å². The third-order valence-corrected chi connectivity index (χ3v) is 3.96. The zero-order valence-corrected chi connectivity index (χ0v) is 11.7. The second kappa shape index (κ2) is 5.17. The largest absolute Gasteiger partial charge is 0.576 e. The van der Waals surface area contributed by atoms with Crippen LogP contribution in [0.15, 0.2) is 60.0 Å². The summed E-state index contributed by atoms with van der Waals surface area (Å²) in [6, 6.07) is 16.7. The fourth-order valence-electron chi connectivity index (χ4n) is 2.86. The number of fused-ring (bicyclic) bond motifs is 2. The van der Waals surface area contributed by atoms with Crippen molar-refractivity contribution in [2.75, 3.05) is 0 Å². The Balaban J connectivity index is 1.33. The smallest absolute Gasteiger partial charge is 0.532 e. The minimum atomic E-state index is 0.277. The molecule has 0 aliphatic heterocycles. The standard InChI is InChI=1S/C18H15BO2/c1-2-6-14-10-17(9-13(14)5-1)20-19-21-18-11-15-7-3-4-8-16(15)12-18/h1-9,11,19H,10,12H2. The number of allylic oxidation sites excluding steroid dienone is 2. The van der Waals surface area contributed by atoms with Gasteiger partial charge in [0.25, 0.3) is 0 Å². The summed E-state index contributed by atoms with van der Waals surface area (Å²) in [5.74, 6) is 1.96. The molecule has 4 rings (SSSR count). The zero-order chi connectivity index (χ0) is 14.1. The number of hydrogen-bond donors (Lipinski definition) is 0. The zero-order valence-electron chi connectivity index (χ0n) is 11.7. The van der Waals surface area contributed by atoms with Crippen molar-refractivity contribution in [3.8, 4) is 0 Å². The Labute approximate surface area is 125 Å². The van der Waals surface area contributed by atoms with Gasteiger partial charge in [0.1, 0.15) is 0 Å². The van der Waals surface area contributed by atoms with Crippen LogP contribution in [0, 0.1) is 0 Å². The summed E-state index contributed by atoms with van der Waals surface area (Å²) in [6.45, 7) is 0. The van der Waals surface area contributed by atoms with Gasteiger partial charge in [-0.25, -0.2) is 0 Å². The average Bonchev–Trinajstić information content (AvgIpc) is 3.09. The maximum Gasteiger partial charge on any atom is 0.576 e. The molecule has 2 aliphatic rings. The van der Waals surface area contributed by atoms with Crippen LogP contribution in [0.3, 0.4) is 0 Å². The Morgan fingerprint density at radius 2 is 1.14 bits per heavy atom. The highest BCUT2D eigenvalue weighted by atomic mass is 16.6. The summed E-state index contributed by atoms with van der Waals surface area (Å²) in [5, 5.41) is 0. The molecule has 21 heavy (non-hydrogen) atoms. The lowest BCUT2D eigenvalue weighted by Crippen LogP contribution is -2.04. The molecule has 2 aromatic carbocycles. The van der Waals surface area contributed by atoms with E-state index in [9.17, 15) is 0 Å². The summed E-state index contributed by atoms with van der Waals surface area (Å²) in [6.07, 6.45) is 5.91. The van der Waals surface area contributed by atoms with Gasteiger partial charge in [0.15, 0.2) is 0 Å². The highest BCUT2D eigenvalue weighted by Crippen LogP contribution is 2.27. The molecular formula is C18H15BO2. The first kappa shape index (κ1) is 12.3. The van der Waals surface area contributed by atoms with Gasteiger partial charge >= 0.3 is 7.69 Å². The second-order valence-electron chi connectivity index (χ2n) is 5.38. The van der Waals surface area contributed by atoms with Gasteiger partial charge in [-0.15, -0.1) is 0 Å². The van der Waals surface area contributed by atoms with E-state index >= 15 is 0 Å². The van der Waals surface area contributed by atoms with E-state index in [0.717, 1.165) is 24.4 Å². The second-order valence-corrected chi connectivity index (χ2v) is 5.38. The van der Waals surface area contributed by atoms with Gasteiger partial charge in [-0.05, 0) is 34.4 Å². The van der Waals surface area contributed by atoms with Crippen molar-refractivity contribution in [3.63, 3.8) is 0 Å². The first-order valence-corrected chi connectivity index (χ1v) is 7.21. The summed E-state index contributed by atoms with van der Waals surface area (Å²) in [5.41, 5.74) is 5.14. The lowest BCUT2D eigenvalue weighted by Gasteiger charge is -2.08. The van der Waals surface area contributed by atoms with Crippen molar-refractivity contribution in [2.45, 2.75) is 12.8 Å². The van der Waals surface area contributed by atoms with E-state index in [2.05, 4.69) is 60.7 Å². The predicted octanol–water partition coefficient (Wildman–Crippen LogP) is 3.48. The van der Waals surface area contributed by atoms with Crippen LogP contribution in [-0.2, 0) is 22.2 Å². The third kappa shape index (κ3) is 2.47. The minimum absolute atomic E-state index is 0.277. The topological polar surface area (TPSA) is 18.5 Å². The molecule has 2 aliphatic carbocycles. The molecule has 0 radical (unpaired) electrons. The molecule has 0 saturated carbocycles. The lowest BCUT2D eigenvalue weighted by atomic mass is 10.1. The molecule has 0 unspecified atom stereocenters. The molecule has 0 heterocycles. The molecule has 0 spiro atoms. The molecule has 2 nitrogen and oxygen atoms in total. The van der Waals surface area contributed by atoms with E-state index in [4.69, 9.17) is 9.31 Å². The molecular weight excluding hydrogens is 259 g/mol. The molecule has 0 N–H and O–H groups in total. The van der Waals surface area contributed by atoms with E-state index in [1.165, 1.54) is 22.3 Å². The van der Waals surface area contributed by atoms with Crippen LogP contribution in [-0.4, -0.2) is 7.69 Å². The quantitative estimate of drug-likeness (QED) is 0.795. The molecule has 0 fully saturated rings. The van der Waals surface area contributed by atoms with E-state index in [1.54, 1.807) is 0 Å². The summed E-state index contributed by atoms with van der Waals surface area (Å²) >= 11 is 0. The summed E-state index contributed by atoms with van der Waals surface area (Å²) < 4.78 is 11.5. The number of hydrogen-bond acceptors (Lipinski definition) is 2.